The van der Waals surface area contributed by atoms with Gasteiger partial charge < -0.3 is 10.1 Å². The highest BCUT2D eigenvalue weighted by molar-refractivity contribution is 5.68. The maximum Gasteiger partial charge on any atom is 0.223 e. The standard InChI is InChI=1S/C21H18N6O/c1-14-4-3-9-27-18(13-23-20(14)27)19-16(10-22)12-25-21(26-19)24-11-15-5-7-17(28-2)8-6-15/h3-9,12-13H,11H2,1-2H3,(H,24,25,26). The van der Waals surface area contributed by atoms with Crippen molar-refractivity contribution >= 4 is 11.6 Å². The number of aromatic nitrogens is 4. The zero-order valence-corrected chi connectivity index (χ0v) is 15.5. The van der Waals surface area contributed by atoms with Crippen LogP contribution in [0.3, 0.4) is 0 Å². The molecule has 1 N–H and O–H groups in total. The Kier molecular flexibility index (Phi) is 4.60. The van der Waals surface area contributed by atoms with Crippen LogP contribution >= 0.6 is 0 Å². The molecule has 4 aromatic rings. The molecular weight excluding hydrogens is 352 g/mol. The second kappa shape index (κ2) is 7.37. The van der Waals surface area contributed by atoms with Crippen molar-refractivity contribution in [2.24, 2.45) is 0 Å². The normalized spacial score (nSPS) is 10.6. The molecule has 3 aromatic heterocycles. The number of hydrogen-bond acceptors (Lipinski definition) is 6. The molecule has 7 nitrogen and oxygen atoms in total. The van der Waals surface area contributed by atoms with Gasteiger partial charge in [-0.15, -0.1) is 0 Å². The van der Waals surface area contributed by atoms with Crippen molar-refractivity contribution in [2.75, 3.05) is 12.4 Å². The molecular formula is C21H18N6O. The van der Waals surface area contributed by atoms with Crippen molar-refractivity contribution in [3.05, 3.63) is 71.7 Å². The summed E-state index contributed by atoms with van der Waals surface area (Å²) in [6.45, 7) is 2.56. The molecule has 0 aliphatic carbocycles. The fourth-order valence-corrected chi connectivity index (χ4v) is 3.00. The van der Waals surface area contributed by atoms with Crippen LogP contribution in [0, 0.1) is 18.3 Å². The number of pyridine rings is 1. The Bertz CT molecular complexity index is 1170. The Hall–Kier alpha value is -3.92. The van der Waals surface area contributed by atoms with E-state index < -0.39 is 0 Å². The van der Waals surface area contributed by atoms with Gasteiger partial charge in [-0.1, -0.05) is 18.2 Å². The first-order valence-corrected chi connectivity index (χ1v) is 8.76. The Labute approximate surface area is 162 Å². The summed E-state index contributed by atoms with van der Waals surface area (Å²) < 4.78 is 7.11. The SMILES string of the molecule is COc1ccc(CNc2ncc(C#N)c(-c3cnc4c(C)cccn34)n2)cc1. The van der Waals surface area contributed by atoms with Crippen LogP contribution < -0.4 is 10.1 Å². The summed E-state index contributed by atoms with van der Waals surface area (Å²) >= 11 is 0. The van der Waals surface area contributed by atoms with Crippen LogP contribution in [0.1, 0.15) is 16.7 Å². The maximum absolute atomic E-state index is 9.50. The molecule has 7 heteroatoms. The van der Waals surface area contributed by atoms with Crippen LogP contribution in [0.25, 0.3) is 17.0 Å². The predicted molar refractivity (Wildman–Crippen MR) is 106 cm³/mol. The Morgan fingerprint density at radius 3 is 2.71 bits per heavy atom. The van der Waals surface area contributed by atoms with Crippen LogP contribution in [0.5, 0.6) is 5.75 Å². The van der Waals surface area contributed by atoms with E-state index in [1.54, 1.807) is 13.3 Å². The van der Waals surface area contributed by atoms with Crippen LogP contribution in [0.4, 0.5) is 5.95 Å². The Balaban J connectivity index is 1.66. The summed E-state index contributed by atoms with van der Waals surface area (Å²) in [4.78, 5) is 13.3. The minimum Gasteiger partial charge on any atom is -0.497 e. The lowest BCUT2D eigenvalue weighted by Crippen LogP contribution is -2.06. The van der Waals surface area contributed by atoms with Crippen LogP contribution in [0.15, 0.2) is 55.0 Å². The van der Waals surface area contributed by atoms with Crippen molar-refractivity contribution in [3.8, 4) is 23.2 Å². The van der Waals surface area contributed by atoms with E-state index in [9.17, 15) is 5.26 Å². The summed E-state index contributed by atoms with van der Waals surface area (Å²) in [5.41, 5.74) is 4.67. The molecule has 0 unspecified atom stereocenters. The lowest BCUT2D eigenvalue weighted by atomic mass is 10.2. The van der Waals surface area contributed by atoms with E-state index >= 15 is 0 Å². The molecule has 3 heterocycles. The molecule has 28 heavy (non-hydrogen) atoms. The summed E-state index contributed by atoms with van der Waals surface area (Å²) in [6.07, 6.45) is 5.19. The number of imidazole rings is 1. The van der Waals surface area contributed by atoms with Gasteiger partial charge in [-0.2, -0.15) is 5.26 Å². The number of nitrogens with zero attached hydrogens (tertiary/aromatic N) is 5. The molecule has 0 spiro atoms. The third-order valence-corrected chi connectivity index (χ3v) is 4.49. The number of nitrogens with one attached hydrogen (secondary N) is 1. The van der Waals surface area contributed by atoms with Gasteiger partial charge in [0.05, 0.1) is 30.8 Å². The number of hydrogen-bond donors (Lipinski definition) is 1. The fraction of sp³-hybridized carbons (Fsp3) is 0.143. The van der Waals surface area contributed by atoms with Gasteiger partial charge >= 0.3 is 0 Å². The van der Waals surface area contributed by atoms with Crippen molar-refractivity contribution in [2.45, 2.75) is 13.5 Å². The number of aryl methyl sites for hydroxylation is 1. The van der Waals surface area contributed by atoms with Crippen LogP contribution in [-0.4, -0.2) is 26.5 Å². The van der Waals surface area contributed by atoms with Gasteiger partial charge in [-0.05, 0) is 36.2 Å². The number of anilines is 1. The largest absolute Gasteiger partial charge is 0.497 e. The second-order valence-corrected chi connectivity index (χ2v) is 6.30. The van der Waals surface area contributed by atoms with Gasteiger partial charge in [0, 0.05) is 12.7 Å². The number of fused-ring (bicyclic) bond motifs is 1. The van der Waals surface area contributed by atoms with Gasteiger partial charge in [0.25, 0.3) is 0 Å². The number of rotatable bonds is 5. The van der Waals surface area contributed by atoms with Crippen molar-refractivity contribution in [3.63, 3.8) is 0 Å². The lowest BCUT2D eigenvalue weighted by molar-refractivity contribution is 0.414. The van der Waals surface area contributed by atoms with Crippen LogP contribution in [0.2, 0.25) is 0 Å². The van der Waals surface area contributed by atoms with Crippen molar-refractivity contribution in [1.29, 1.82) is 5.26 Å². The van der Waals surface area contributed by atoms with Gasteiger partial charge in [0.1, 0.15) is 23.2 Å². The van der Waals surface area contributed by atoms with Gasteiger partial charge in [0.2, 0.25) is 5.95 Å². The number of methoxy groups -OCH3 is 1. The van der Waals surface area contributed by atoms with E-state index in [0.29, 0.717) is 23.8 Å². The first-order valence-electron chi connectivity index (χ1n) is 8.76. The first kappa shape index (κ1) is 17.5. The quantitative estimate of drug-likeness (QED) is 0.577. The van der Waals surface area contributed by atoms with E-state index in [2.05, 4.69) is 26.3 Å². The summed E-state index contributed by atoms with van der Waals surface area (Å²) in [7, 11) is 1.64. The molecule has 4 rings (SSSR count). The molecule has 0 aliphatic heterocycles. The van der Waals surface area contributed by atoms with Gasteiger partial charge in [0.15, 0.2) is 0 Å². The Morgan fingerprint density at radius 2 is 1.96 bits per heavy atom. The molecule has 0 fully saturated rings. The first-order chi connectivity index (χ1) is 13.7. The summed E-state index contributed by atoms with van der Waals surface area (Å²) in [5, 5.41) is 12.7. The highest BCUT2D eigenvalue weighted by atomic mass is 16.5. The lowest BCUT2D eigenvalue weighted by Gasteiger charge is -2.09. The summed E-state index contributed by atoms with van der Waals surface area (Å²) in [6, 6.07) is 13.9. The molecule has 0 atom stereocenters. The molecule has 0 bridgehead atoms. The van der Waals surface area contributed by atoms with E-state index in [1.165, 1.54) is 6.20 Å². The van der Waals surface area contributed by atoms with Gasteiger partial charge in [-0.3, -0.25) is 4.40 Å². The molecule has 1 aromatic carbocycles. The van der Waals surface area contributed by atoms with Crippen molar-refractivity contribution in [1.82, 2.24) is 19.4 Å². The third kappa shape index (κ3) is 3.23. The number of nitriles is 1. The van der Waals surface area contributed by atoms with E-state index in [-0.39, 0.29) is 0 Å². The van der Waals surface area contributed by atoms with Crippen molar-refractivity contribution < 1.29 is 4.74 Å². The average molecular weight is 370 g/mol. The van der Waals surface area contributed by atoms with Gasteiger partial charge in [-0.25, -0.2) is 15.0 Å². The highest BCUT2D eigenvalue weighted by Gasteiger charge is 2.14. The average Bonchev–Trinajstić information content (AvgIpc) is 3.18. The number of benzene rings is 1. The molecule has 0 aliphatic rings. The minimum absolute atomic E-state index is 0.401. The van der Waals surface area contributed by atoms with E-state index in [1.807, 2.05) is 53.9 Å². The topological polar surface area (TPSA) is 88.1 Å². The van der Waals surface area contributed by atoms with E-state index in [0.717, 1.165) is 28.2 Å². The second-order valence-electron chi connectivity index (χ2n) is 6.30. The minimum atomic E-state index is 0.401. The maximum atomic E-state index is 9.50. The van der Waals surface area contributed by atoms with E-state index in [4.69, 9.17) is 4.74 Å². The molecule has 0 saturated heterocycles. The van der Waals surface area contributed by atoms with Crippen LogP contribution in [-0.2, 0) is 6.54 Å². The molecule has 0 amide bonds. The third-order valence-electron chi connectivity index (χ3n) is 4.49. The predicted octanol–water partition coefficient (Wildman–Crippen LogP) is 3.59. The fourth-order valence-electron chi connectivity index (χ4n) is 3.00. The Morgan fingerprint density at radius 1 is 1.14 bits per heavy atom. The number of ether oxygens (including phenoxy) is 1. The zero-order valence-electron chi connectivity index (χ0n) is 15.5. The monoisotopic (exact) mass is 370 g/mol. The molecule has 0 saturated carbocycles. The highest BCUT2D eigenvalue weighted by Crippen LogP contribution is 2.24. The smallest absolute Gasteiger partial charge is 0.223 e. The molecule has 0 radical (unpaired) electrons. The molecule has 138 valence electrons. The zero-order chi connectivity index (χ0) is 19.5. The summed E-state index contributed by atoms with van der Waals surface area (Å²) in [5.74, 6) is 1.26.